The molecule has 0 heterocycles. The smallest absolute Gasteiger partial charge is 0.315 e. The van der Waals surface area contributed by atoms with Crippen LogP contribution in [0.5, 0.6) is 0 Å². The van der Waals surface area contributed by atoms with E-state index in [2.05, 4.69) is 29.7 Å². The average molecular weight is 288 g/mol. The second-order valence-electron chi connectivity index (χ2n) is 5.58. The predicted molar refractivity (Wildman–Crippen MR) is 84.0 cm³/mol. The summed E-state index contributed by atoms with van der Waals surface area (Å²) >= 11 is 0. The van der Waals surface area contributed by atoms with Crippen molar-refractivity contribution in [2.75, 3.05) is 6.61 Å². The van der Waals surface area contributed by atoms with Crippen LogP contribution in [0.3, 0.4) is 0 Å². The minimum atomic E-state index is -0.133. The third-order valence-corrected chi connectivity index (χ3v) is 3.88. The van der Waals surface area contributed by atoms with Crippen molar-refractivity contribution in [2.45, 2.75) is 38.3 Å². The highest BCUT2D eigenvalue weighted by molar-refractivity contribution is 5.75. The molecule has 1 unspecified atom stereocenters. The van der Waals surface area contributed by atoms with Crippen LogP contribution in [-0.4, -0.2) is 29.8 Å². The lowest BCUT2D eigenvalue weighted by atomic mass is 10.0. The molecule has 1 aromatic carbocycles. The highest BCUT2D eigenvalue weighted by Crippen LogP contribution is 2.16. The summed E-state index contributed by atoms with van der Waals surface area (Å²) in [6, 6.07) is 10.2. The Kier molecular flexibility index (Phi) is 5.81. The van der Waals surface area contributed by atoms with Crippen LogP contribution in [0.15, 0.2) is 42.5 Å². The van der Waals surface area contributed by atoms with Crippen molar-refractivity contribution >= 4 is 6.03 Å². The Balaban J connectivity index is 1.79. The van der Waals surface area contributed by atoms with Gasteiger partial charge in [-0.2, -0.15) is 0 Å². The van der Waals surface area contributed by atoms with Gasteiger partial charge in [0.1, 0.15) is 0 Å². The third-order valence-electron chi connectivity index (χ3n) is 3.88. The Morgan fingerprint density at radius 2 is 2.10 bits per heavy atom. The molecule has 0 saturated heterocycles. The summed E-state index contributed by atoms with van der Waals surface area (Å²) in [7, 11) is 0. The molecule has 0 spiro atoms. The summed E-state index contributed by atoms with van der Waals surface area (Å²) in [6.07, 6.45) is 6.43. The summed E-state index contributed by atoms with van der Waals surface area (Å²) in [5.74, 6) is 0.168. The highest BCUT2D eigenvalue weighted by Gasteiger charge is 2.20. The van der Waals surface area contributed by atoms with Crippen LogP contribution in [0.1, 0.15) is 25.3 Å². The Morgan fingerprint density at radius 3 is 2.71 bits per heavy atom. The SMILES string of the molecule is CCC(Cc1ccccc1)NC(=O)N[C@@H]1C=C[C@H](CO)C1. The Hall–Kier alpha value is -1.81. The van der Waals surface area contributed by atoms with E-state index in [0.717, 1.165) is 19.3 Å². The molecule has 114 valence electrons. The number of benzene rings is 1. The quantitative estimate of drug-likeness (QED) is 0.703. The van der Waals surface area contributed by atoms with Crippen molar-refractivity contribution in [3.8, 4) is 0 Å². The number of hydrogen-bond acceptors (Lipinski definition) is 2. The van der Waals surface area contributed by atoms with E-state index in [1.165, 1.54) is 5.56 Å². The third kappa shape index (κ3) is 4.90. The molecular formula is C17H24N2O2. The molecule has 1 aliphatic rings. The normalized spacial score (nSPS) is 22.0. The number of hydrogen-bond donors (Lipinski definition) is 3. The molecular weight excluding hydrogens is 264 g/mol. The molecule has 4 nitrogen and oxygen atoms in total. The number of carbonyl (C=O) groups is 1. The molecule has 0 aromatic heterocycles. The van der Waals surface area contributed by atoms with Gasteiger partial charge in [-0.3, -0.25) is 0 Å². The molecule has 0 bridgehead atoms. The van der Waals surface area contributed by atoms with Gasteiger partial charge in [-0.25, -0.2) is 4.79 Å². The van der Waals surface area contributed by atoms with Crippen LogP contribution in [0.2, 0.25) is 0 Å². The lowest BCUT2D eigenvalue weighted by Gasteiger charge is -2.19. The van der Waals surface area contributed by atoms with Gasteiger partial charge in [0.25, 0.3) is 0 Å². The van der Waals surface area contributed by atoms with E-state index in [-0.39, 0.29) is 30.6 Å². The number of urea groups is 1. The number of aliphatic hydroxyl groups excluding tert-OH is 1. The minimum absolute atomic E-state index is 0.0244. The molecule has 0 radical (unpaired) electrons. The van der Waals surface area contributed by atoms with Crippen molar-refractivity contribution < 1.29 is 9.90 Å². The first-order valence-electron chi connectivity index (χ1n) is 7.61. The number of amides is 2. The molecule has 0 aliphatic heterocycles. The van der Waals surface area contributed by atoms with Gasteiger partial charge >= 0.3 is 6.03 Å². The van der Waals surface area contributed by atoms with E-state index >= 15 is 0 Å². The van der Waals surface area contributed by atoms with Gasteiger partial charge < -0.3 is 15.7 Å². The van der Waals surface area contributed by atoms with Crippen LogP contribution in [-0.2, 0) is 6.42 Å². The lowest BCUT2D eigenvalue weighted by molar-refractivity contribution is 0.228. The summed E-state index contributed by atoms with van der Waals surface area (Å²) in [6.45, 7) is 2.22. The molecule has 0 saturated carbocycles. The fourth-order valence-corrected chi connectivity index (χ4v) is 2.61. The van der Waals surface area contributed by atoms with Crippen molar-refractivity contribution in [3.05, 3.63) is 48.0 Å². The zero-order chi connectivity index (χ0) is 15.1. The standard InChI is InChI=1S/C17H24N2O2/c1-2-15(10-13-6-4-3-5-7-13)18-17(21)19-16-9-8-14(11-16)12-20/h3-9,14-16,20H,2,10-12H2,1H3,(H2,18,19,21)/t14-,15?,16+/m0/s1. The maximum Gasteiger partial charge on any atom is 0.315 e. The zero-order valence-electron chi connectivity index (χ0n) is 12.5. The van der Waals surface area contributed by atoms with E-state index in [0.29, 0.717) is 0 Å². The fourth-order valence-electron chi connectivity index (χ4n) is 2.61. The van der Waals surface area contributed by atoms with Gasteiger partial charge in [0.15, 0.2) is 0 Å². The maximum absolute atomic E-state index is 12.0. The maximum atomic E-state index is 12.0. The Labute approximate surface area is 126 Å². The number of aliphatic hydroxyl groups is 1. The summed E-state index contributed by atoms with van der Waals surface area (Å²) in [5.41, 5.74) is 1.23. The van der Waals surface area contributed by atoms with E-state index in [9.17, 15) is 4.79 Å². The van der Waals surface area contributed by atoms with Crippen LogP contribution >= 0.6 is 0 Å². The summed E-state index contributed by atoms with van der Waals surface area (Å²) in [5, 5.41) is 15.1. The molecule has 1 aliphatic carbocycles. The first kappa shape index (κ1) is 15.6. The lowest BCUT2D eigenvalue weighted by Crippen LogP contribution is -2.46. The number of nitrogens with one attached hydrogen (secondary N) is 2. The van der Waals surface area contributed by atoms with Gasteiger partial charge in [0, 0.05) is 24.6 Å². The predicted octanol–water partition coefficient (Wildman–Crippen LogP) is 2.24. The highest BCUT2D eigenvalue weighted by atomic mass is 16.3. The van der Waals surface area contributed by atoms with Crippen molar-refractivity contribution in [3.63, 3.8) is 0 Å². The van der Waals surface area contributed by atoms with Gasteiger partial charge in [0.05, 0.1) is 0 Å². The van der Waals surface area contributed by atoms with Crippen molar-refractivity contribution in [1.29, 1.82) is 0 Å². The second kappa shape index (κ2) is 7.84. The molecule has 2 rings (SSSR count). The largest absolute Gasteiger partial charge is 0.396 e. The summed E-state index contributed by atoms with van der Waals surface area (Å²) in [4.78, 5) is 12.0. The van der Waals surface area contributed by atoms with Gasteiger partial charge in [0.2, 0.25) is 0 Å². The minimum Gasteiger partial charge on any atom is -0.396 e. The average Bonchev–Trinajstić information content (AvgIpc) is 2.95. The van der Waals surface area contributed by atoms with Crippen LogP contribution < -0.4 is 10.6 Å². The van der Waals surface area contributed by atoms with Crippen LogP contribution in [0.25, 0.3) is 0 Å². The Morgan fingerprint density at radius 1 is 1.33 bits per heavy atom. The molecule has 0 fully saturated rings. The fraction of sp³-hybridized carbons (Fsp3) is 0.471. The molecule has 21 heavy (non-hydrogen) atoms. The molecule has 4 heteroatoms. The topological polar surface area (TPSA) is 61.4 Å². The van der Waals surface area contributed by atoms with Crippen molar-refractivity contribution in [2.24, 2.45) is 5.92 Å². The molecule has 1 aromatic rings. The Bertz CT molecular complexity index is 473. The van der Waals surface area contributed by atoms with Gasteiger partial charge in [-0.15, -0.1) is 0 Å². The second-order valence-corrected chi connectivity index (χ2v) is 5.58. The summed E-state index contributed by atoms with van der Waals surface area (Å²) < 4.78 is 0. The molecule has 2 amide bonds. The van der Waals surface area contributed by atoms with E-state index in [4.69, 9.17) is 5.11 Å². The molecule has 3 N–H and O–H groups in total. The molecule has 3 atom stereocenters. The zero-order valence-corrected chi connectivity index (χ0v) is 12.5. The van der Waals surface area contributed by atoms with E-state index in [1.807, 2.05) is 30.4 Å². The first-order chi connectivity index (χ1) is 10.2. The van der Waals surface area contributed by atoms with Gasteiger partial charge in [-0.1, -0.05) is 49.4 Å². The first-order valence-corrected chi connectivity index (χ1v) is 7.61. The van der Waals surface area contributed by atoms with Gasteiger partial charge in [-0.05, 0) is 24.8 Å². The monoisotopic (exact) mass is 288 g/mol. The number of rotatable bonds is 6. The van der Waals surface area contributed by atoms with Crippen molar-refractivity contribution in [1.82, 2.24) is 10.6 Å². The van der Waals surface area contributed by atoms with Crippen LogP contribution in [0, 0.1) is 5.92 Å². The van der Waals surface area contributed by atoms with E-state index in [1.54, 1.807) is 0 Å². The van der Waals surface area contributed by atoms with Crippen LogP contribution in [0.4, 0.5) is 4.79 Å². The number of carbonyl (C=O) groups excluding carboxylic acids is 1. The van der Waals surface area contributed by atoms with E-state index < -0.39 is 0 Å².